The molecular weight excluding hydrogens is 246 g/mol. The predicted molar refractivity (Wildman–Crippen MR) is 73.7 cm³/mol. The van der Waals surface area contributed by atoms with Gasteiger partial charge in [0.15, 0.2) is 0 Å². The van der Waals surface area contributed by atoms with Gasteiger partial charge >= 0.3 is 6.09 Å². The monoisotopic (exact) mass is 265 g/mol. The number of amides is 1. The summed E-state index contributed by atoms with van der Waals surface area (Å²) in [4.78, 5) is 11.6. The van der Waals surface area contributed by atoms with Crippen LogP contribution in [0.15, 0.2) is 24.3 Å². The first kappa shape index (κ1) is 14.8. The third-order valence-electron chi connectivity index (χ3n) is 1.87. The highest BCUT2D eigenvalue weighted by Crippen LogP contribution is 2.18. The molecule has 0 atom stereocenters. The Morgan fingerprint density at radius 3 is 2.68 bits per heavy atom. The summed E-state index contributed by atoms with van der Waals surface area (Å²) >= 11 is 0. The Labute approximate surface area is 112 Å². The van der Waals surface area contributed by atoms with Crippen molar-refractivity contribution in [3.8, 4) is 5.75 Å². The summed E-state index contributed by atoms with van der Waals surface area (Å²) in [5.74, 6) is 0.453. The lowest BCUT2D eigenvalue weighted by Crippen LogP contribution is -2.27. The number of anilines is 1. The summed E-state index contributed by atoms with van der Waals surface area (Å²) in [6, 6.07) is 6.78. The van der Waals surface area contributed by atoms with Crippen LogP contribution in [0, 0.1) is 5.41 Å². The van der Waals surface area contributed by atoms with Crippen molar-refractivity contribution in [1.82, 2.24) is 0 Å². The number of carbonyl (C=O) groups excluding carboxylic acids is 1. The predicted octanol–water partition coefficient (Wildman–Crippen LogP) is 2.35. The molecule has 0 unspecified atom stereocenters. The van der Waals surface area contributed by atoms with Gasteiger partial charge < -0.3 is 15.2 Å². The Balaban J connectivity index is 2.61. The quantitative estimate of drug-likeness (QED) is 0.575. The summed E-state index contributed by atoms with van der Waals surface area (Å²) in [5, 5.41) is 9.67. The van der Waals surface area contributed by atoms with Crippen LogP contribution in [0.5, 0.6) is 5.75 Å². The van der Waals surface area contributed by atoms with Crippen LogP contribution in [0.1, 0.15) is 20.8 Å². The van der Waals surface area contributed by atoms with Crippen molar-refractivity contribution in [3.05, 3.63) is 24.3 Å². The van der Waals surface area contributed by atoms with Gasteiger partial charge in [0.1, 0.15) is 23.8 Å². The van der Waals surface area contributed by atoms with Crippen LogP contribution in [0.4, 0.5) is 10.5 Å². The van der Waals surface area contributed by atoms with Gasteiger partial charge in [-0.05, 0) is 32.9 Å². The second-order valence-corrected chi connectivity index (χ2v) is 4.97. The molecule has 0 bridgehead atoms. The molecular formula is C13H19N3O3. The average Bonchev–Trinajstić information content (AvgIpc) is 2.24. The van der Waals surface area contributed by atoms with Crippen LogP contribution in [-0.4, -0.2) is 24.1 Å². The van der Waals surface area contributed by atoms with Crippen molar-refractivity contribution in [2.45, 2.75) is 26.4 Å². The number of hydrogen-bond acceptors (Lipinski definition) is 4. The molecule has 104 valence electrons. The van der Waals surface area contributed by atoms with Crippen molar-refractivity contribution < 1.29 is 14.3 Å². The van der Waals surface area contributed by atoms with Crippen LogP contribution < -0.4 is 15.8 Å². The molecule has 19 heavy (non-hydrogen) atoms. The number of benzene rings is 1. The standard InChI is InChI=1S/C13H19N3O3/c1-13(2,3)19-12(17)16-9-5-4-6-10(7-9)18-8-11(14)15/h4-7H,8H2,1-3H3,(H3,14,15)(H,16,17). The molecule has 0 radical (unpaired) electrons. The fourth-order valence-electron chi connectivity index (χ4n) is 1.25. The van der Waals surface area contributed by atoms with E-state index >= 15 is 0 Å². The average molecular weight is 265 g/mol. The van der Waals surface area contributed by atoms with Crippen molar-refractivity contribution in [2.24, 2.45) is 5.73 Å². The third kappa shape index (κ3) is 6.30. The maximum Gasteiger partial charge on any atom is 0.412 e. The van der Waals surface area contributed by atoms with Gasteiger partial charge in [0.05, 0.1) is 0 Å². The van der Waals surface area contributed by atoms with E-state index in [-0.39, 0.29) is 12.4 Å². The highest BCUT2D eigenvalue weighted by atomic mass is 16.6. The Morgan fingerprint density at radius 1 is 1.42 bits per heavy atom. The second kappa shape index (κ2) is 6.08. The molecule has 1 aromatic rings. The molecule has 6 nitrogen and oxygen atoms in total. The second-order valence-electron chi connectivity index (χ2n) is 4.97. The number of ether oxygens (including phenoxy) is 2. The van der Waals surface area contributed by atoms with Gasteiger partial charge in [-0.3, -0.25) is 10.7 Å². The fourth-order valence-corrected chi connectivity index (χ4v) is 1.25. The molecule has 1 amide bonds. The molecule has 6 heteroatoms. The summed E-state index contributed by atoms with van der Waals surface area (Å²) in [6.07, 6.45) is -0.531. The van der Waals surface area contributed by atoms with Crippen molar-refractivity contribution in [1.29, 1.82) is 5.41 Å². The lowest BCUT2D eigenvalue weighted by atomic mass is 10.2. The zero-order valence-corrected chi connectivity index (χ0v) is 11.3. The first-order chi connectivity index (χ1) is 8.76. The Morgan fingerprint density at radius 2 is 2.11 bits per heavy atom. The highest BCUT2D eigenvalue weighted by Gasteiger charge is 2.16. The number of amidine groups is 1. The fraction of sp³-hybridized carbons (Fsp3) is 0.385. The summed E-state index contributed by atoms with van der Waals surface area (Å²) in [5.41, 5.74) is 5.20. The zero-order chi connectivity index (χ0) is 14.5. The van der Waals surface area contributed by atoms with Gasteiger partial charge in [0, 0.05) is 11.8 Å². The van der Waals surface area contributed by atoms with E-state index in [9.17, 15) is 4.79 Å². The molecule has 0 spiro atoms. The topological polar surface area (TPSA) is 97.4 Å². The van der Waals surface area contributed by atoms with E-state index in [1.165, 1.54) is 0 Å². The molecule has 1 aromatic carbocycles. The molecule has 0 saturated heterocycles. The number of nitrogens with one attached hydrogen (secondary N) is 2. The van der Waals surface area contributed by atoms with Crippen molar-refractivity contribution in [2.75, 3.05) is 11.9 Å². The Kier molecular flexibility index (Phi) is 4.74. The van der Waals surface area contributed by atoms with Crippen LogP contribution in [-0.2, 0) is 4.74 Å². The maximum atomic E-state index is 11.6. The van der Waals surface area contributed by atoms with Crippen molar-refractivity contribution in [3.63, 3.8) is 0 Å². The number of carbonyl (C=O) groups is 1. The lowest BCUT2D eigenvalue weighted by Gasteiger charge is -2.19. The normalized spacial score (nSPS) is 10.7. The molecule has 4 N–H and O–H groups in total. The third-order valence-corrected chi connectivity index (χ3v) is 1.87. The van der Waals surface area contributed by atoms with Gasteiger partial charge in [-0.25, -0.2) is 4.79 Å². The maximum absolute atomic E-state index is 11.6. The Bertz CT molecular complexity index is 466. The van der Waals surface area contributed by atoms with Gasteiger partial charge in [0.25, 0.3) is 0 Å². The largest absolute Gasteiger partial charge is 0.486 e. The smallest absolute Gasteiger partial charge is 0.412 e. The Hall–Kier alpha value is -2.24. The van der Waals surface area contributed by atoms with E-state index in [4.69, 9.17) is 20.6 Å². The van der Waals surface area contributed by atoms with E-state index in [1.807, 2.05) is 0 Å². The summed E-state index contributed by atoms with van der Waals surface area (Å²) < 4.78 is 10.4. The number of hydrogen-bond donors (Lipinski definition) is 3. The molecule has 0 aliphatic carbocycles. The van der Waals surface area contributed by atoms with E-state index < -0.39 is 11.7 Å². The molecule has 0 aliphatic heterocycles. The minimum atomic E-state index is -0.549. The van der Waals surface area contributed by atoms with Crippen LogP contribution in [0.3, 0.4) is 0 Å². The SMILES string of the molecule is CC(C)(C)OC(=O)Nc1cccc(OCC(=N)N)c1. The van der Waals surface area contributed by atoms with Gasteiger partial charge in [0.2, 0.25) is 0 Å². The molecule has 1 rings (SSSR count). The van der Waals surface area contributed by atoms with E-state index in [2.05, 4.69) is 5.32 Å². The molecule has 0 heterocycles. The van der Waals surface area contributed by atoms with E-state index in [0.717, 1.165) is 0 Å². The lowest BCUT2D eigenvalue weighted by molar-refractivity contribution is 0.0636. The number of rotatable bonds is 4. The van der Waals surface area contributed by atoms with Crippen LogP contribution >= 0.6 is 0 Å². The van der Waals surface area contributed by atoms with Gasteiger partial charge in [-0.2, -0.15) is 0 Å². The first-order valence-electron chi connectivity index (χ1n) is 5.82. The van der Waals surface area contributed by atoms with Crippen molar-refractivity contribution >= 4 is 17.6 Å². The summed E-state index contributed by atoms with van der Waals surface area (Å²) in [6.45, 7) is 5.38. The minimum absolute atomic E-state index is 0.00981. The minimum Gasteiger partial charge on any atom is -0.486 e. The zero-order valence-electron chi connectivity index (χ0n) is 11.3. The van der Waals surface area contributed by atoms with Gasteiger partial charge in [-0.15, -0.1) is 0 Å². The number of nitrogens with two attached hydrogens (primary N) is 1. The van der Waals surface area contributed by atoms with Crippen LogP contribution in [0.2, 0.25) is 0 Å². The molecule has 0 fully saturated rings. The van der Waals surface area contributed by atoms with Gasteiger partial charge in [-0.1, -0.05) is 6.07 Å². The summed E-state index contributed by atoms with van der Waals surface area (Å²) in [7, 11) is 0. The molecule has 0 saturated carbocycles. The van der Waals surface area contributed by atoms with Crippen LogP contribution in [0.25, 0.3) is 0 Å². The van der Waals surface area contributed by atoms with E-state index in [1.54, 1.807) is 45.0 Å². The molecule has 0 aliphatic rings. The molecule has 0 aromatic heterocycles. The first-order valence-corrected chi connectivity index (χ1v) is 5.82. The highest BCUT2D eigenvalue weighted by molar-refractivity contribution is 5.85. The van der Waals surface area contributed by atoms with E-state index in [0.29, 0.717) is 11.4 Å².